The van der Waals surface area contributed by atoms with Crippen LogP contribution >= 0.6 is 0 Å². The minimum atomic E-state index is -4.40. The molecule has 1 unspecified atom stereocenters. The van der Waals surface area contributed by atoms with Gasteiger partial charge in [-0.15, -0.1) is 0 Å². The van der Waals surface area contributed by atoms with E-state index in [9.17, 15) is 13.2 Å². The molecule has 1 atom stereocenters. The number of alkyl halides is 3. The van der Waals surface area contributed by atoms with E-state index in [0.717, 1.165) is 10.9 Å². The molecule has 68 valence electrons. The zero-order chi connectivity index (χ0) is 9.35. The van der Waals surface area contributed by atoms with Crippen LogP contribution in [0.15, 0.2) is 12.4 Å². The maximum Gasteiger partial charge on any atom is 0.419 e. The van der Waals surface area contributed by atoms with Crippen LogP contribution in [-0.2, 0) is 6.18 Å². The minimum Gasteiger partial charge on any atom is -0.372 e. The van der Waals surface area contributed by atoms with Crippen molar-refractivity contribution in [3.05, 3.63) is 18.0 Å². The van der Waals surface area contributed by atoms with Gasteiger partial charge in [0.2, 0.25) is 0 Å². The maximum atomic E-state index is 11.9. The van der Waals surface area contributed by atoms with E-state index in [1.807, 2.05) is 0 Å². The fraction of sp³-hybridized carbons (Fsp3) is 0.500. The fourth-order valence-electron chi connectivity index (χ4n) is 0.689. The molecular formula is C6H7F3N2O. The van der Waals surface area contributed by atoms with Crippen LogP contribution in [0.25, 0.3) is 0 Å². The van der Waals surface area contributed by atoms with Crippen molar-refractivity contribution in [3.8, 4) is 0 Å². The van der Waals surface area contributed by atoms with Gasteiger partial charge < -0.3 is 5.11 Å². The molecule has 0 aromatic carbocycles. The smallest absolute Gasteiger partial charge is 0.372 e. The standard InChI is InChI=1S/C6H7F3N2O/c1-4(12)11-3-5(2-10-11)6(7,8)9/h2-4,12H,1H3. The van der Waals surface area contributed by atoms with E-state index in [1.54, 1.807) is 0 Å². The van der Waals surface area contributed by atoms with Crippen LogP contribution in [0.3, 0.4) is 0 Å². The molecule has 12 heavy (non-hydrogen) atoms. The van der Waals surface area contributed by atoms with Gasteiger partial charge in [0, 0.05) is 6.20 Å². The van der Waals surface area contributed by atoms with Crippen molar-refractivity contribution in [2.45, 2.75) is 19.3 Å². The van der Waals surface area contributed by atoms with Crippen LogP contribution in [0.4, 0.5) is 13.2 Å². The Morgan fingerprint density at radius 2 is 2.17 bits per heavy atom. The molecule has 0 saturated heterocycles. The lowest BCUT2D eigenvalue weighted by Crippen LogP contribution is -2.05. The number of aliphatic hydroxyl groups is 1. The van der Waals surface area contributed by atoms with Gasteiger partial charge in [-0.2, -0.15) is 18.3 Å². The van der Waals surface area contributed by atoms with Crippen molar-refractivity contribution in [2.75, 3.05) is 0 Å². The number of halogens is 3. The zero-order valence-corrected chi connectivity index (χ0v) is 6.21. The summed E-state index contributed by atoms with van der Waals surface area (Å²) in [5, 5.41) is 12.2. The third kappa shape index (κ3) is 1.76. The van der Waals surface area contributed by atoms with Gasteiger partial charge >= 0.3 is 6.18 Å². The van der Waals surface area contributed by atoms with Gasteiger partial charge in [0.15, 0.2) is 0 Å². The van der Waals surface area contributed by atoms with Crippen LogP contribution in [0.5, 0.6) is 0 Å². The van der Waals surface area contributed by atoms with Crippen molar-refractivity contribution >= 4 is 0 Å². The molecule has 0 aliphatic heterocycles. The molecule has 1 aromatic rings. The summed E-state index contributed by atoms with van der Waals surface area (Å²) in [4.78, 5) is 0. The van der Waals surface area contributed by atoms with Gasteiger partial charge in [-0.1, -0.05) is 0 Å². The number of hydrogen-bond donors (Lipinski definition) is 1. The molecule has 0 aliphatic rings. The van der Waals surface area contributed by atoms with E-state index in [4.69, 9.17) is 5.11 Å². The summed E-state index contributed by atoms with van der Waals surface area (Å²) in [5.41, 5.74) is -0.858. The van der Waals surface area contributed by atoms with Gasteiger partial charge in [0.25, 0.3) is 0 Å². The van der Waals surface area contributed by atoms with Crippen LogP contribution in [-0.4, -0.2) is 14.9 Å². The molecular weight excluding hydrogens is 173 g/mol. The molecule has 3 nitrogen and oxygen atoms in total. The lowest BCUT2D eigenvalue weighted by Gasteiger charge is -2.03. The van der Waals surface area contributed by atoms with Gasteiger partial charge in [-0.25, -0.2) is 4.68 Å². The molecule has 0 radical (unpaired) electrons. The highest BCUT2D eigenvalue weighted by Crippen LogP contribution is 2.28. The second-order valence-corrected chi connectivity index (χ2v) is 2.34. The number of hydrogen-bond acceptors (Lipinski definition) is 2. The molecule has 0 bridgehead atoms. The molecule has 0 fully saturated rings. The normalized spacial score (nSPS) is 14.8. The van der Waals surface area contributed by atoms with Crippen molar-refractivity contribution in [2.24, 2.45) is 0 Å². The Morgan fingerprint density at radius 1 is 1.58 bits per heavy atom. The highest BCUT2D eigenvalue weighted by atomic mass is 19.4. The SMILES string of the molecule is CC(O)n1cc(C(F)(F)F)cn1. The Labute approximate surface area is 66.4 Å². The Hall–Kier alpha value is -1.04. The zero-order valence-electron chi connectivity index (χ0n) is 6.21. The van der Waals surface area contributed by atoms with Gasteiger partial charge in [-0.3, -0.25) is 0 Å². The first-order valence-electron chi connectivity index (χ1n) is 3.20. The Balaban J connectivity index is 2.92. The van der Waals surface area contributed by atoms with Gasteiger partial charge in [0.05, 0.1) is 11.8 Å². The Bertz CT molecular complexity index is 266. The highest BCUT2D eigenvalue weighted by Gasteiger charge is 2.32. The van der Waals surface area contributed by atoms with Gasteiger partial charge in [-0.05, 0) is 6.92 Å². The first-order valence-corrected chi connectivity index (χ1v) is 3.20. The van der Waals surface area contributed by atoms with E-state index in [0.29, 0.717) is 6.20 Å². The molecule has 1 aromatic heterocycles. The third-order valence-electron chi connectivity index (χ3n) is 1.31. The summed E-state index contributed by atoms with van der Waals surface area (Å²) >= 11 is 0. The molecule has 0 aliphatic carbocycles. The monoisotopic (exact) mass is 180 g/mol. The summed E-state index contributed by atoms with van der Waals surface area (Å²) in [6.07, 6.45) is -4.01. The predicted octanol–water partition coefficient (Wildman–Crippen LogP) is 1.41. The maximum absolute atomic E-state index is 11.9. The fourth-order valence-corrected chi connectivity index (χ4v) is 0.689. The van der Waals surface area contributed by atoms with Crippen molar-refractivity contribution in [1.82, 2.24) is 9.78 Å². The van der Waals surface area contributed by atoms with E-state index in [2.05, 4.69) is 5.10 Å². The molecule has 6 heteroatoms. The molecule has 1 N–H and O–H groups in total. The predicted molar refractivity (Wildman–Crippen MR) is 34.2 cm³/mol. The van der Waals surface area contributed by atoms with E-state index < -0.39 is 18.0 Å². The lowest BCUT2D eigenvalue weighted by atomic mass is 10.4. The second kappa shape index (κ2) is 2.78. The van der Waals surface area contributed by atoms with Crippen molar-refractivity contribution in [1.29, 1.82) is 0 Å². The quantitative estimate of drug-likeness (QED) is 0.709. The van der Waals surface area contributed by atoms with Crippen LogP contribution in [0.1, 0.15) is 18.7 Å². The summed E-state index contributed by atoms with van der Waals surface area (Å²) in [6, 6.07) is 0. The van der Waals surface area contributed by atoms with Crippen LogP contribution in [0.2, 0.25) is 0 Å². The highest BCUT2D eigenvalue weighted by molar-refractivity contribution is 5.08. The molecule has 0 spiro atoms. The number of nitrogens with zero attached hydrogens (tertiary/aromatic N) is 2. The largest absolute Gasteiger partial charge is 0.419 e. The van der Waals surface area contributed by atoms with E-state index >= 15 is 0 Å². The summed E-state index contributed by atoms with van der Waals surface area (Å²) in [6.45, 7) is 1.33. The molecule has 0 saturated carbocycles. The molecule has 1 heterocycles. The average molecular weight is 180 g/mol. The van der Waals surface area contributed by atoms with Crippen molar-refractivity contribution in [3.63, 3.8) is 0 Å². The van der Waals surface area contributed by atoms with Crippen molar-refractivity contribution < 1.29 is 18.3 Å². The van der Waals surface area contributed by atoms with E-state index in [-0.39, 0.29) is 0 Å². The topological polar surface area (TPSA) is 38.0 Å². The van der Waals surface area contributed by atoms with Crippen LogP contribution < -0.4 is 0 Å². The number of rotatable bonds is 1. The van der Waals surface area contributed by atoms with Gasteiger partial charge in [0.1, 0.15) is 6.23 Å². The molecule has 0 amide bonds. The Kier molecular flexibility index (Phi) is 2.10. The average Bonchev–Trinajstić information content (AvgIpc) is 2.30. The summed E-state index contributed by atoms with van der Waals surface area (Å²) < 4.78 is 36.6. The lowest BCUT2D eigenvalue weighted by molar-refractivity contribution is -0.137. The molecule has 1 rings (SSSR count). The van der Waals surface area contributed by atoms with Crippen LogP contribution in [0, 0.1) is 0 Å². The number of aliphatic hydroxyl groups excluding tert-OH is 1. The summed E-state index contributed by atoms with van der Waals surface area (Å²) in [5.74, 6) is 0. The third-order valence-corrected chi connectivity index (χ3v) is 1.31. The van der Waals surface area contributed by atoms with E-state index in [1.165, 1.54) is 6.92 Å². The first-order chi connectivity index (χ1) is 5.41. The summed E-state index contributed by atoms with van der Waals surface area (Å²) in [7, 11) is 0. The number of aromatic nitrogens is 2. The minimum absolute atomic E-state index is 0.673. The first kappa shape index (κ1) is 9.05. The second-order valence-electron chi connectivity index (χ2n) is 2.34. The Morgan fingerprint density at radius 3 is 2.42 bits per heavy atom.